The van der Waals surface area contributed by atoms with Crippen molar-refractivity contribution in [3.8, 4) is 0 Å². The highest BCUT2D eigenvalue weighted by atomic mass is 35.5. The number of rotatable bonds is 5. The Morgan fingerprint density at radius 1 is 1.33 bits per heavy atom. The smallest absolute Gasteiger partial charge is 0.152 e. The van der Waals surface area contributed by atoms with Crippen LogP contribution in [-0.2, 0) is 4.74 Å². The molecule has 2 rings (SSSR count). The highest BCUT2D eigenvalue weighted by Crippen LogP contribution is 2.36. The van der Waals surface area contributed by atoms with Crippen molar-refractivity contribution < 1.29 is 9.15 Å². The Bertz CT molecular complexity index is 600. The molecule has 0 spiro atoms. The average Bonchev–Trinajstić information content (AvgIpc) is 2.83. The first-order valence-electron chi connectivity index (χ1n) is 7.35. The third-order valence-electron chi connectivity index (χ3n) is 3.64. The summed E-state index contributed by atoms with van der Waals surface area (Å²) in [5, 5.41) is 4.98. The number of halogens is 1. The summed E-state index contributed by atoms with van der Waals surface area (Å²) in [7, 11) is 1.93. The van der Waals surface area contributed by atoms with Crippen LogP contribution in [-0.4, -0.2) is 19.8 Å². The molecule has 2 aromatic rings. The van der Waals surface area contributed by atoms with Crippen LogP contribution < -0.4 is 5.32 Å². The minimum Gasteiger partial charge on any atom is -0.458 e. The van der Waals surface area contributed by atoms with Gasteiger partial charge in [0.15, 0.2) is 5.58 Å². The highest BCUT2D eigenvalue weighted by Gasteiger charge is 2.35. The normalized spacial score (nSPS) is 15.3. The van der Waals surface area contributed by atoms with Gasteiger partial charge in [-0.1, -0.05) is 44.5 Å². The molecule has 0 radical (unpaired) electrons. The number of hydrogen-bond acceptors (Lipinski definition) is 3. The maximum Gasteiger partial charge on any atom is 0.152 e. The van der Waals surface area contributed by atoms with Crippen LogP contribution in [0.4, 0.5) is 0 Å². The van der Waals surface area contributed by atoms with Gasteiger partial charge in [-0.2, -0.15) is 0 Å². The van der Waals surface area contributed by atoms with E-state index in [2.05, 4.69) is 26.1 Å². The summed E-state index contributed by atoms with van der Waals surface area (Å²) in [6, 6.07) is 7.80. The molecule has 0 bridgehead atoms. The van der Waals surface area contributed by atoms with Gasteiger partial charge in [-0.15, -0.1) is 0 Å². The highest BCUT2D eigenvalue weighted by molar-refractivity contribution is 6.34. The van der Waals surface area contributed by atoms with Gasteiger partial charge in [-0.3, -0.25) is 0 Å². The Hall–Kier alpha value is -1.03. The summed E-state index contributed by atoms with van der Waals surface area (Å²) in [5.74, 6) is 0.856. The summed E-state index contributed by atoms with van der Waals surface area (Å²) < 4.78 is 12.0. The molecule has 1 aromatic heterocycles. The fourth-order valence-corrected chi connectivity index (χ4v) is 2.89. The second-order valence-electron chi connectivity index (χ2n) is 6.32. The standard InChI is InChI=1S/C17H24ClNO2/c1-6-20-16(17(2,3)4)14(19-5)13-10-11-8-7-9-12(18)15(11)21-13/h7-10,14,16,19H,6H2,1-5H3. The number of likely N-dealkylation sites (N-methyl/N-ethyl adjacent to an activating group) is 1. The maximum absolute atomic E-state index is 6.20. The lowest BCUT2D eigenvalue weighted by atomic mass is 9.83. The molecule has 21 heavy (non-hydrogen) atoms. The van der Waals surface area contributed by atoms with Crippen LogP contribution in [0.1, 0.15) is 39.5 Å². The van der Waals surface area contributed by atoms with Crippen molar-refractivity contribution in [1.29, 1.82) is 0 Å². The molecule has 0 amide bonds. The molecule has 116 valence electrons. The Balaban J connectivity index is 2.44. The van der Waals surface area contributed by atoms with Gasteiger partial charge in [0.1, 0.15) is 5.76 Å². The summed E-state index contributed by atoms with van der Waals surface area (Å²) >= 11 is 6.20. The van der Waals surface area contributed by atoms with Crippen molar-refractivity contribution in [1.82, 2.24) is 5.32 Å². The van der Waals surface area contributed by atoms with Crippen molar-refractivity contribution in [2.45, 2.75) is 39.8 Å². The van der Waals surface area contributed by atoms with E-state index in [1.165, 1.54) is 0 Å². The van der Waals surface area contributed by atoms with E-state index in [1.54, 1.807) is 0 Å². The lowest BCUT2D eigenvalue weighted by Gasteiger charge is -2.35. The van der Waals surface area contributed by atoms with Gasteiger partial charge in [0.05, 0.1) is 17.2 Å². The second-order valence-corrected chi connectivity index (χ2v) is 6.72. The van der Waals surface area contributed by atoms with E-state index in [9.17, 15) is 0 Å². The lowest BCUT2D eigenvalue weighted by Crippen LogP contribution is -2.40. The largest absolute Gasteiger partial charge is 0.458 e. The molecule has 2 atom stereocenters. The predicted octanol–water partition coefficient (Wildman–Crippen LogP) is 4.80. The topological polar surface area (TPSA) is 34.4 Å². The Kier molecular flexibility index (Phi) is 4.97. The van der Waals surface area contributed by atoms with Gasteiger partial charge in [0.25, 0.3) is 0 Å². The molecule has 2 unspecified atom stereocenters. The zero-order valence-corrected chi connectivity index (χ0v) is 14.1. The van der Waals surface area contributed by atoms with Crippen molar-refractivity contribution >= 4 is 22.6 Å². The fourth-order valence-electron chi connectivity index (χ4n) is 2.67. The summed E-state index contributed by atoms with van der Waals surface area (Å²) in [6.07, 6.45) is 0.00633. The summed E-state index contributed by atoms with van der Waals surface area (Å²) in [5.41, 5.74) is 0.727. The monoisotopic (exact) mass is 309 g/mol. The minimum absolute atomic E-state index is 0.00633. The van der Waals surface area contributed by atoms with Crippen molar-refractivity contribution in [2.24, 2.45) is 5.41 Å². The van der Waals surface area contributed by atoms with E-state index in [-0.39, 0.29) is 17.6 Å². The van der Waals surface area contributed by atoms with Crippen LogP contribution in [0.2, 0.25) is 5.02 Å². The third-order valence-corrected chi connectivity index (χ3v) is 3.93. The van der Waals surface area contributed by atoms with Gasteiger partial charge in [0.2, 0.25) is 0 Å². The van der Waals surface area contributed by atoms with E-state index in [4.69, 9.17) is 20.8 Å². The Morgan fingerprint density at radius 3 is 2.57 bits per heavy atom. The quantitative estimate of drug-likeness (QED) is 0.861. The number of nitrogens with one attached hydrogen (secondary N) is 1. The average molecular weight is 310 g/mol. The van der Waals surface area contributed by atoms with Gasteiger partial charge in [-0.25, -0.2) is 0 Å². The van der Waals surface area contributed by atoms with Gasteiger partial charge in [-0.05, 0) is 31.5 Å². The lowest BCUT2D eigenvalue weighted by molar-refractivity contribution is -0.0390. The number of hydrogen-bond donors (Lipinski definition) is 1. The maximum atomic E-state index is 6.20. The van der Waals surface area contributed by atoms with E-state index < -0.39 is 0 Å². The van der Waals surface area contributed by atoms with Gasteiger partial charge < -0.3 is 14.5 Å². The first kappa shape index (κ1) is 16.3. The molecule has 0 saturated heterocycles. The molecular formula is C17H24ClNO2. The molecule has 0 aliphatic carbocycles. The number of furan rings is 1. The van der Waals surface area contributed by atoms with Crippen molar-refractivity contribution in [2.75, 3.05) is 13.7 Å². The molecule has 0 aliphatic heterocycles. The zero-order chi connectivity index (χ0) is 15.6. The minimum atomic E-state index is -0.0200. The molecule has 0 aliphatic rings. The van der Waals surface area contributed by atoms with Crippen LogP contribution in [0.5, 0.6) is 0 Å². The van der Waals surface area contributed by atoms with E-state index in [0.717, 1.165) is 16.7 Å². The van der Waals surface area contributed by atoms with E-state index >= 15 is 0 Å². The zero-order valence-electron chi connectivity index (χ0n) is 13.4. The van der Waals surface area contributed by atoms with Crippen LogP contribution >= 0.6 is 11.6 Å². The van der Waals surface area contributed by atoms with Crippen molar-refractivity contribution in [3.05, 3.63) is 35.0 Å². The van der Waals surface area contributed by atoms with Crippen LogP contribution in [0.25, 0.3) is 11.0 Å². The molecule has 1 N–H and O–H groups in total. The number of fused-ring (bicyclic) bond motifs is 1. The molecule has 1 heterocycles. The molecule has 1 aromatic carbocycles. The SMILES string of the molecule is CCOC(C(NC)c1cc2cccc(Cl)c2o1)C(C)(C)C. The Morgan fingerprint density at radius 2 is 2.05 bits per heavy atom. The summed E-state index contributed by atoms with van der Waals surface area (Å²) in [6.45, 7) is 9.20. The fraction of sp³-hybridized carbons (Fsp3) is 0.529. The second kappa shape index (κ2) is 6.39. The summed E-state index contributed by atoms with van der Waals surface area (Å²) in [4.78, 5) is 0. The van der Waals surface area contributed by atoms with Crippen LogP contribution in [0.3, 0.4) is 0 Å². The first-order chi connectivity index (χ1) is 9.88. The van der Waals surface area contributed by atoms with Crippen LogP contribution in [0, 0.1) is 5.41 Å². The molecular weight excluding hydrogens is 286 g/mol. The third kappa shape index (κ3) is 3.42. The Labute approximate surface area is 131 Å². The molecule has 0 fully saturated rings. The van der Waals surface area contributed by atoms with E-state index in [0.29, 0.717) is 11.6 Å². The molecule has 0 saturated carbocycles. The number of para-hydroxylation sites is 1. The van der Waals surface area contributed by atoms with E-state index in [1.807, 2.05) is 38.2 Å². The molecule has 4 heteroatoms. The van der Waals surface area contributed by atoms with Gasteiger partial charge >= 0.3 is 0 Å². The predicted molar refractivity (Wildman–Crippen MR) is 87.9 cm³/mol. The number of benzene rings is 1. The first-order valence-corrected chi connectivity index (χ1v) is 7.73. The molecule has 3 nitrogen and oxygen atoms in total. The number of ether oxygens (including phenoxy) is 1. The van der Waals surface area contributed by atoms with Crippen molar-refractivity contribution in [3.63, 3.8) is 0 Å². The van der Waals surface area contributed by atoms with Crippen LogP contribution in [0.15, 0.2) is 28.7 Å². The van der Waals surface area contributed by atoms with Gasteiger partial charge in [0, 0.05) is 12.0 Å².